The summed E-state index contributed by atoms with van der Waals surface area (Å²) in [6.07, 6.45) is 0. The van der Waals surface area contributed by atoms with Crippen LogP contribution in [0.15, 0.2) is 6.07 Å². The molecule has 3 heteroatoms. The zero-order valence-electron chi connectivity index (χ0n) is 8.85. The van der Waals surface area contributed by atoms with Crippen molar-refractivity contribution in [3.63, 3.8) is 0 Å². The van der Waals surface area contributed by atoms with Crippen LogP contribution in [0.3, 0.4) is 0 Å². The number of rotatable bonds is 0. The van der Waals surface area contributed by atoms with Crippen LogP contribution in [0.1, 0.15) is 18.1 Å². The van der Waals surface area contributed by atoms with Crippen molar-refractivity contribution in [2.24, 2.45) is 0 Å². The van der Waals surface area contributed by atoms with E-state index in [2.05, 4.69) is 12.2 Å². The van der Waals surface area contributed by atoms with E-state index in [9.17, 15) is 0 Å². The lowest BCUT2D eigenvalue weighted by molar-refractivity contribution is 0.291. The molecule has 0 fully saturated rings. The molecule has 1 unspecified atom stereocenters. The average Bonchev–Trinajstić information content (AvgIpc) is 2.16. The minimum atomic E-state index is 0.350. The Morgan fingerprint density at radius 3 is 2.93 bits per heavy atom. The first-order chi connectivity index (χ1) is 6.59. The lowest BCUT2D eigenvalue weighted by atomic mass is 10.0. The molecule has 3 nitrogen and oxygen atoms in total. The molecular weight excluding hydrogens is 176 g/mol. The predicted molar refractivity (Wildman–Crippen MR) is 58.9 cm³/mol. The Hall–Kier alpha value is -1.38. The van der Waals surface area contributed by atoms with Gasteiger partial charge in [0.1, 0.15) is 12.4 Å². The third-order valence-corrected chi connectivity index (χ3v) is 2.68. The molecule has 0 bridgehead atoms. The van der Waals surface area contributed by atoms with E-state index in [1.165, 1.54) is 0 Å². The van der Waals surface area contributed by atoms with Gasteiger partial charge in [-0.25, -0.2) is 0 Å². The summed E-state index contributed by atoms with van der Waals surface area (Å²) in [5.41, 5.74) is 10.0. The smallest absolute Gasteiger partial charge is 0.143 e. The number of aryl methyl sites for hydroxylation is 1. The molecule has 0 spiro atoms. The lowest BCUT2D eigenvalue weighted by Gasteiger charge is -2.27. The highest BCUT2D eigenvalue weighted by atomic mass is 16.5. The standard InChI is InChI=1S/C11H16N2O/c1-6-4-9-11(8(3)10(6)12)13-7(2)5-14-9/h4,7,13H,5,12H2,1-3H3. The van der Waals surface area contributed by atoms with E-state index in [-0.39, 0.29) is 0 Å². The van der Waals surface area contributed by atoms with E-state index in [1.807, 2.05) is 19.9 Å². The maximum absolute atomic E-state index is 5.96. The largest absolute Gasteiger partial charge is 0.489 e. The Balaban J connectivity index is 2.55. The van der Waals surface area contributed by atoms with Crippen LogP contribution in [0.2, 0.25) is 0 Å². The van der Waals surface area contributed by atoms with E-state index in [0.717, 1.165) is 34.9 Å². The van der Waals surface area contributed by atoms with E-state index >= 15 is 0 Å². The van der Waals surface area contributed by atoms with Gasteiger partial charge in [-0.2, -0.15) is 0 Å². The fourth-order valence-electron chi connectivity index (χ4n) is 1.76. The quantitative estimate of drug-likeness (QED) is 0.619. The van der Waals surface area contributed by atoms with Crippen LogP contribution in [0, 0.1) is 13.8 Å². The van der Waals surface area contributed by atoms with Gasteiger partial charge < -0.3 is 15.8 Å². The van der Waals surface area contributed by atoms with Gasteiger partial charge >= 0.3 is 0 Å². The first-order valence-electron chi connectivity index (χ1n) is 4.88. The van der Waals surface area contributed by atoms with Crippen molar-refractivity contribution >= 4 is 11.4 Å². The van der Waals surface area contributed by atoms with E-state index < -0.39 is 0 Å². The molecule has 14 heavy (non-hydrogen) atoms. The number of hydrogen-bond acceptors (Lipinski definition) is 3. The van der Waals surface area contributed by atoms with Crippen LogP contribution in [-0.4, -0.2) is 12.6 Å². The number of nitrogen functional groups attached to an aromatic ring is 1. The molecule has 76 valence electrons. The SMILES string of the molecule is Cc1cc2c(c(C)c1N)NC(C)CO2. The molecule has 0 aromatic heterocycles. The Morgan fingerprint density at radius 1 is 1.50 bits per heavy atom. The van der Waals surface area contributed by atoms with E-state index in [4.69, 9.17) is 10.5 Å². The molecule has 2 rings (SSSR count). The summed E-state index contributed by atoms with van der Waals surface area (Å²) >= 11 is 0. The Kier molecular flexibility index (Phi) is 2.02. The zero-order valence-corrected chi connectivity index (χ0v) is 8.85. The second-order valence-corrected chi connectivity index (χ2v) is 3.96. The van der Waals surface area contributed by atoms with Crippen molar-refractivity contribution in [1.82, 2.24) is 0 Å². The molecule has 0 radical (unpaired) electrons. The van der Waals surface area contributed by atoms with Gasteiger partial charge in [0.25, 0.3) is 0 Å². The minimum Gasteiger partial charge on any atom is -0.489 e. The monoisotopic (exact) mass is 192 g/mol. The molecular formula is C11H16N2O. The first kappa shape index (κ1) is 9.19. The average molecular weight is 192 g/mol. The molecule has 1 aliphatic rings. The highest BCUT2D eigenvalue weighted by Gasteiger charge is 2.19. The summed E-state index contributed by atoms with van der Waals surface area (Å²) in [5.74, 6) is 0.923. The summed E-state index contributed by atoms with van der Waals surface area (Å²) in [6.45, 7) is 6.84. The van der Waals surface area contributed by atoms with Gasteiger partial charge in [0.05, 0.1) is 11.7 Å². The topological polar surface area (TPSA) is 47.3 Å². The van der Waals surface area contributed by atoms with Gasteiger partial charge in [-0.1, -0.05) is 0 Å². The van der Waals surface area contributed by atoms with Gasteiger partial charge in [0.15, 0.2) is 0 Å². The minimum absolute atomic E-state index is 0.350. The van der Waals surface area contributed by atoms with Crippen LogP contribution in [0.4, 0.5) is 11.4 Å². The van der Waals surface area contributed by atoms with E-state index in [0.29, 0.717) is 6.04 Å². The van der Waals surface area contributed by atoms with Crippen molar-refractivity contribution in [2.45, 2.75) is 26.8 Å². The number of fused-ring (bicyclic) bond motifs is 1. The number of anilines is 2. The van der Waals surface area contributed by atoms with Crippen molar-refractivity contribution in [1.29, 1.82) is 0 Å². The van der Waals surface area contributed by atoms with Crippen LogP contribution in [-0.2, 0) is 0 Å². The molecule has 1 aromatic rings. The van der Waals surface area contributed by atoms with Crippen LogP contribution in [0.5, 0.6) is 5.75 Å². The second kappa shape index (κ2) is 3.08. The normalized spacial score (nSPS) is 19.5. The Bertz CT molecular complexity index is 374. The maximum Gasteiger partial charge on any atom is 0.143 e. The number of nitrogens with one attached hydrogen (secondary N) is 1. The predicted octanol–water partition coefficient (Wildman–Crippen LogP) is 2.08. The first-order valence-corrected chi connectivity index (χ1v) is 4.88. The van der Waals surface area contributed by atoms with Gasteiger partial charge in [0.2, 0.25) is 0 Å². The van der Waals surface area contributed by atoms with Gasteiger partial charge in [0, 0.05) is 5.69 Å². The Morgan fingerprint density at radius 2 is 2.21 bits per heavy atom. The summed E-state index contributed by atoms with van der Waals surface area (Å²) in [5, 5.41) is 3.39. The molecule has 0 aliphatic carbocycles. The van der Waals surface area contributed by atoms with Crippen LogP contribution in [0.25, 0.3) is 0 Å². The molecule has 1 atom stereocenters. The number of ether oxygens (including phenoxy) is 1. The van der Waals surface area contributed by atoms with Gasteiger partial charge in [-0.15, -0.1) is 0 Å². The molecule has 0 saturated heterocycles. The molecule has 1 aliphatic heterocycles. The molecule has 0 saturated carbocycles. The molecule has 1 heterocycles. The van der Waals surface area contributed by atoms with Crippen molar-refractivity contribution in [2.75, 3.05) is 17.7 Å². The summed E-state index contributed by atoms with van der Waals surface area (Å²) in [7, 11) is 0. The third-order valence-electron chi connectivity index (χ3n) is 2.68. The maximum atomic E-state index is 5.96. The van der Waals surface area contributed by atoms with E-state index in [1.54, 1.807) is 0 Å². The zero-order chi connectivity index (χ0) is 10.3. The fourth-order valence-corrected chi connectivity index (χ4v) is 1.76. The summed E-state index contributed by atoms with van der Waals surface area (Å²) < 4.78 is 5.63. The highest BCUT2D eigenvalue weighted by molar-refractivity contribution is 5.74. The fraction of sp³-hybridized carbons (Fsp3) is 0.455. The highest BCUT2D eigenvalue weighted by Crippen LogP contribution is 2.37. The third kappa shape index (κ3) is 1.29. The lowest BCUT2D eigenvalue weighted by Crippen LogP contribution is -2.29. The van der Waals surface area contributed by atoms with Crippen molar-refractivity contribution in [3.8, 4) is 5.75 Å². The van der Waals surface area contributed by atoms with Crippen LogP contribution < -0.4 is 15.8 Å². The molecule has 3 N–H and O–H groups in total. The molecule has 0 amide bonds. The van der Waals surface area contributed by atoms with Gasteiger partial charge in [-0.05, 0) is 38.0 Å². The summed E-state index contributed by atoms with van der Waals surface area (Å²) in [4.78, 5) is 0. The number of nitrogens with two attached hydrogens (primary N) is 1. The van der Waals surface area contributed by atoms with Gasteiger partial charge in [-0.3, -0.25) is 0 Å². The van der Waals surface area contributed by atoms with Crippen molar-refractivity contribution in [3.05, 3.63) is 17.2 Å². The van der Waals surface area contributed by atoms with Crippen LogP contribution >= 0.6 is 0 Å². The Labute approximate surface area is 84.3 Å². The number of hydrogen-bond donors (Lipinski definition) is 2. The number of benzene rings is 1. The molecule has 1 aromatic carbocycles. The summed E-state index contributed by atoms with van der Waals surface area (Å²) in [6, 6.07) is 2.35. The van der Waals surface area contributed by atoms with Crippen molar-refractivity contribution < 1.29 is 4.74 Å². The second-order valence-electron chi connectivity index (χ2n) is 3.96.